The molecule has 1 heterocycles. The van der Waals surface area contributed by atoms with E-state index in [0.717, 1.165) is 22.6 Å². The number of hydrogen-bond donors (Lipinski definition) is 1. The number of aryl methyl sites for hydroxylation is 2. The first-order valence-electron chi connectivity index (χ1n) is 4.98. The Balaban J connectivity index is 2.63. The molecule has 0 aliphatic carbocycles. The Bertz CT molecular complexity index is 520. The minimum absolute atomic E-state index is 0.385. The highest BCUT2D eigenvalue weighted by molar-refractivity contribution is 6.28. The molecule has 84 valence electrons. The molecule has 0 spiro atoms. The van der Waals surface area contributed by atoms with Gasteiger partial charge in [-0.05, 0) is 42.6 Å². The number of benzene rings is 1. The van der Waals surface area contributed by atoms with E-state index in [-0.39, 0.29) is 0 Å². The summed E-state index contributed by atoms with van der Waals surface area (Å²) in [5, 5.41) is 0.385. The second-order valence-corrected chi connectivity index (χ2v) is 4.11. The lowest BCUT2D eigenvalue weighted by atomic mass is 10.0. The highest BCUT2D eigenvalue weighted by Gasteiger charge is 2.11. The van der Waals surface area contributed by atoms with Gasteiger partial charge in [0.05, 0.1) is 19.0 Å². The fraction of sp³-hybridized carbons (Fsp3) is 0.250. The predicted molar refractivity (Wildman–Crippen MR) is 65.1 cm³/mol. The van der Waals surface area contributed by atoms with Crippen LogP contribution in [-0.4, -0.2) is 17.1 Å². The van der Waals surface area contributed by atoms with Crippen LogP contribution in [0.2, 0.25) is 5.28 Å². The smallest absolute Gasteiger partial charge is 0.200 e. The number of nitrogens with one attached hydrogen (secondary N) is 1. The third-order valence-electron chi connectivity index (χ3n) is 2.46. The first kappa shape index (κ1) is 11.0. The van der Waals surface area contributed by atoms with Gasteiger partial charge >= 0.3 is 0 Å². The third kappa shape index (κ3) is 1.91. The summed E-state index contributed by atoms with van der Waals surface area (Å²) in [6.07, 6.45) is 1.71. The number of halogens is 1. The van der Waals surface area contributed by atoms with Gasteiger partial charge in [0.25, 0.3) is 0 Å². The zero-order valence-corrected chi connectivity index (χ0v) is 10.2. The van der Waals surface area contributed by atoms with Crippen LogP contribution in [0.3, 0.4) is 0 Å². The number of nitrogens with zero attached hydrogens (tertiary/aromatic N) is 1. The van der Waals surface area contributed by atoms with E-state index in [1.54, 1.807) is 13.3 Å². The topological polar surface area (TPSA) is 37.9 Å². The summed E-state index contributed by atoms with van der Waals surface area (Å²) in [5.41, 5.74) is 4.13. The second kappa shape index (κ2) is 4.18. The maximum atomic E-state index is 5.78. The average Bonchev–Trinajstić information content (AvgIpc) is 2.63. The van der Waals surface area contributed by atoms with Gasteiger partial charge in [-0.1, -0.05) is 6.07 Å². The highest BCUT2D eigenvalue weighted by Crippen LogP contribution is 2.33. The van der Waals surface area contributed by atoms with Crippen LogP contribution in [0.1, 0.15) is 11.1 Å². The maximum Gasteiger partial charge on any atom is 0.200 e. The van der Waals surface area contributed by atoms with Gasteiger partial charge in [-0.25, -0.2) is 4.98 Å². The molecule has 2 rings (SSSR count). The lowest BCUT2D eigenvalue weighted by molar-refractivity contribution is 0.413. The molecule has 0 amide bonds. The van der Waals surface area contributed by atoms with Crippen molar-refractivity contribution in [2.24, 2.45) is 0 Å². The average molecular weight is 237 g/mol. The standard InChI is InChI=1S/C12H13ClN2O/c1-7-4-8(2)11(16-3)9(5-7)10-6-14-12(13)15-10/h4-6H,1-3H3,(H,14,15). The van der Waals surface area contributed by atoms with Gasteiger partial charge in [0, 0.05) is 5.56 Å². The summed E-state index contributed by atoms with van der Waals surface area (Å²) in [6.45, 7) is 4.07. The van der Waals surface area contributed by atoms with Crippen LogP contribution in [0.4, 0.5) is 0 Å². The Labute approximate surface area is 99.4 Å². The molecule has 2 aromatic rings. The van der Waals surface area contributed by atoms with Crippen molar-refractivity contribution in [2.45, 2.75) is 13.8 Å². The van der Waals surface area contributed by atoms with Crippen LogP contribution in [0.15, 0.2) is 18.3 Å². The van der Waals surface area contributed by atoms with Crippen LogP contribution >= 0.6 is 11.6 Å². The van der Waals surface area contributed by atoms with Crippen molar-refractivity contribution in [2.75, 3.05) is 7.11 Å². The van der Waals surface area contributed by atoms with Gasteiger partial charge in [-0.2, -0.15) is 0 Å². The minimum atomic E-state index is 0.385. The molecule has 0 unspecified atom stereocenters. The van der Waals surface area contributed by atoms with E-state index in [2.05, 4.69) is 22.1 Å². The van der Waals surface area contributed by atoms with Crippen LogP contribution in [0.5, 0.6) is 5.75 Å². The van der Waals surface area contributed by atoms with Crippen molar-refractivity contribution < 1.29 is 4.74 Å². The Kier molecular flexibility index (Phi) is 2.88. The Morgan fingerprint density at radius 2 is 2.06 bits per heavy atom. The molecule has 0 saturated heterocycles. The molecule has 0 bridgehead atoms. The van der Waals surface area contributed by atoms with Crippen LogP contribution < -0.4 is 4.74 Å². The minimum Gasteiger partial charge on any atom is -0.496 e. The van der Waals surface area contributed by atoms with Crippen molar-refractivity contribution in [3.05, 3.63) is 34.7 Å². The van der Waals surface area contributed by atoms with Crippen LogP contribution in [-0.2, 0) is 0 Å². The fourth-order valence-corrected chi connectivity index (χ4v) is 2.01. The van der Waals surface area contributed by atoms with E-state index in [1.165, 1.54) is 5.56 Å². The third-order valence-corrected chi connectivity index (χ3v) is 2.65. The molecule has 0 fully saturated rings. The molecule has 0 saturated carbocycles. The molecule has 0 aliphatic rings. The van der Waals surface area contributed by atoms with E-state index in [0.29, 0.717) is 5.28 Å². The second-order valence-electron chi connectivity index (χ2n) is 3.75. The number of rotatable bonds is 2. The van der Waals surface area contributed by atoms with Crippen molar-refractivity contribution >= 4 is 11.6 Å². The van der Waals surface area contributed by atoms with E-state index < -0.39 is 0 Å². The van der Waals surface area contributed by atoms with E-state index >= 15 is 0 Å². The number of ether oxygens (including phenoxy) is 1. The number of H-pyrrole nitrogens is 1. The summed E-state index contributed by atoms with van der Waals surface area (Å²) in [6, 6.07) is 4.13. The van der Waals surface area contributed by atoms with E-state index in [9.17, 15) is 0 Å². The molecule has 1 N–H and O–H groups in total. The summed E-state index contributed by atoms with van der Waals surface area (Å²) in [5.74, 6) is 0.853. The summed E-state index contributed by atoms with van der Waals surface area (Å²) in [4.78, 5) is 6.98. The SMILES string of the molecule is COc1c(C)cc(C)cc1-c1cnc(Cl)[nH]1. The zero-order chi connectivity index (χ0) is 11.7. The number of hydrogen-bond acceptors (Lipinski definition) is 2. The molecule has 0 aliphatic heterocycles. The first-order valence-corrected chi connectivity index (χ1v) is 5.35. The molecular weight excluding hydrogens is 224 g/mol. The molecule has 16 heavy (non-hydrogen) atoms. The lowest BCUT2D eigenvalue weighted by Gasteiger charge is -2.11. The first-order chi connectivity index (χ1) is 7.61. The largest absolute Gasteiger partial charge is 0.496 e. The normalized spacial score (nSPS) is 10.5. The Hall–Kier alpha value is -1.48. The van der Waals surface area contributed by atoms with Gasteiger partial charge in [-0.3, -0.25) is 0 Å². The van der Waals surface area contributed by atoms with Crippen molar-refractivity contribution in [1.82, 2.24) is 9.97 Å². The summed E-state index contributed by atoms with van der Waals surface area (Å²) < 4.78 is 5.40. The molecule has 0 atom stereocenters. The maximum absolute atomic E-state index is 5.78. The molecule has 1 aromatic carbocycles. The number of methoxy groups -OCH3 is 1. The summed E-state index contributed by atoms with van der Waals surface area (Å²) in [7, 11) is 1.67. The van der Waals surface area contributed by atoms with Gasteiger partial charge in [0.2, 0.25) is 0 Å². The number of imidazole rings is 1. The number of aromatic amines is 1. The Morgan fingerprint density at radius 1 is 1.31 bits per heavy atom. The van der Waals surface area contributed by atoms with Crippen molar-refractivity contribution in [3.63, 3.8) is 0 Å². The van der Waals surface area contributed by atoms with Gasteiger partial charge in [0.15, 0.2) is 5.28 Å². The van der Waals surface area contributed by atoms with E-state index in [1.807, 2.05) is 13.8 Å². The van der Waals surface area contributed by atoms with Crippen molar-refractivity contribution in [1.29, 1.82) is 0 Å². The molecule has 1 aromatic heterocycles. The molecular formula is C12H13ClN2O. The monoisotopic (exact) mass is 236 g/mol. The predicted octanol–water partition coefficient (Wildman–Crippen LogP) is 3.36. The van der Waals surface area contributed by atoms with Gasteiger partial charge < -0.3 is 9.72 Å². The zero-order valence-electron chi connectivity index (χ0n) is 9.47. The quantitative estimate of drug-likeness (QED) is 0.868. The van der Waals surface area contributed by atoms with Crippen LogP contribution in [0, 0.1) is 13.8 Å². The highest BCUT2D eigenvalue weighted by atomic mass is 35.5. The van der Waals surface area contributed by atoms with Gasteiger partial charge in [0.1, 0.15) is 5.75 Å². The number of aromatic nitrogens is 2. The van der Waals surface area contributed by atoms with Gasteiger partial charge in [-0.15, -0.1) is 0 Å². The molecule has 0 radical (unpaired) electrons. The van der Waals surface area contributed by atoms with Crippen LogP contribution in [0.25, 0.3) is 11.3 Å². The lowest BCUT2D eigenvalue weighted by Crippen LogP contribution is -1.92. The van der Waals surface area contributed by atoms with E-state index in [4.69, 9.17) is 16.3 Å². The fourth-order valence-electron chi connectivity index (χ4n) is 1.86. The molecule has 4 heteroatoms. The summed E-state index contributed by atoms with van der Waals surface area (Å²) >= 11 is 5.78. The Morgan fingerprint density at radius 3 is 2.62 bits per heavy atom. The van der Waals surface area contributed by atoms with Crippen molar-refractivity contribution in [3.8, 4) is 17.0 Å². The molecule has 3 nitrogen and oxygen atoms in total.